The zero-order chi connectivity index (χ0) is 14.5. The third-order valence-electron chi connectivity index (χ3n) is 3.47. The Bertz CT molecular complexity index is 510. The van der Waals surface area contributed by atoms with E-state index in [2.05, 4.69) is 17.6 Å². The molecule has 1 amide bonds. The first-order chi connectivity index (χ1) is 9.54. The lowest BCUT2D eigenvalue weighted by Crippen LogP contribution is -2.46. The fourth-order valence-corrected chi connectivity index (χ4v) is 2.51. The van der Waals surface area contributed by atoms with E-state index in [-0.39, 0.29) is 36.5 Å². The monoisotopic (exact) mass is 313 g/mol. The van der Waals surface area contributed by atoms with E-state index in [1.54, 1.807) is 12.1 Å². The average molecular weight is 314 g/mol. The summed E-state index contributed by atoms with van der Waals surface area (Å²) in [6.45, 7) is 3.00. The average Bonchev–Trinajstić information content (AvgIpc) is 2.38. The molecule has 1 fully saturated rings. The Balaban J connectivity index is 0.00000220. The fourth-order valence-electron chi connectivity index (χ4n) is 2.51. The Morgan fingerprint density at radius 3 is 2.95 bits per heavy atom. The summed E-state index contributed by atoms with van der Waals surface area (Å²) >= 11 is 0. The van der Waals surface area contributed by atoms with Gasteiger partial charge >= 0.3 is 0 Å². The van der Waals surface area contributed by atoms with Crippen LogP contribution in [0, 0.1) is 10.1 Å². The molecule has 1 aliphatic rings. The van der Waals surface area contributed by atoms with Gasteiger partial charge in [0.05, 0.1) is 11.3 Å². The van der Waals surface area contributed by atoms with Crippen LogP contribution in [-0.4, -0.2) is 29.5 Å². The van der Waals surface area contributed by atoms with Crippen LogP contribution in [-0.2, 0) is 11.2 Å². The maximum Gasteiger partial charge on any atom is 0.269 e. The largest absolute Gasteiger partial charge is 0.353 e. The van der Waals surface area contributed by atoms with E-state index < -0.39 is 4.92 Å². The fraction of sp³-hybridized carbons (Fsp3) is 0.500. The van der Waals surface area contributed by atoms with E-state index in [4.69, 9.17) is 0 Å². The normalized spacial score (nSPS) is 21.2. The lowest BCUT2D eigenvalue weighted by Gasteiger charge is -2.28. The van der Waals surface area contributed by atoms with Crippen molar-refractivity contribution in [2.75, 3.05) is 6.54 Å². The summed E-state index contributed by atoms with van der Waals surface area (Å²) < 4.78 is 0. The number of nitrogens with one attached hydrogen (secondary N) is 2. The number of amides is 1. The smallest absolute Gasteiger partial charge is 0.269 e. The molecule has 1 aromatic rings. The minimum atomic E-state index is -0.449. The summed E-state index contributed by atoms with van der Waals surface area (Å²) in [5, 5.41) is 17.0. The van der Waals surface area contributed by atoms with E-state index >= 15 is 0 Å². The summed E-state index contributed by atoms with van der Waals surface area (Å²) in [7, 11) is 0. The van der Waals surface area contributed by atoms with Gasteiger partial charge in [0.2, 0.25) is 5.91 Å². The van der Waals surface area contributed by atoms with Crippen molar-refractivity contribution in [1.29, 1.82) is 0 Å². The minimum Gasteiger partial charge on any atom is -0.353 e. The number of hydrogen-bond donors (Lipinski definition) is 2. The molecule has 0 radical (unpaired) electrons. The third-order valence-corrected chi connectivity index (χ3v) is 3.47. The molecule has 0 saturated carbocycles. The van der Waals surface area contributed by atoms with Gasteiger partial charge in [-0.2, -0.15) is 0 Å². The molecule has 116 valence electrons. The van der Waals surface area contributed by atoms with E-state index in [1.165, 1.54) is 12.1 Å². The van der Waals surface area contributed by atoms with Crippen molar-refractivity contribution >= 4 is 24.0 Å². The molecule has 0 bridgehead atoms. The lowest BCUT2D eigenvalue weighted by atomic mass is 10.0. The van der Waals surface area contributed by atoms with Crippen LogP contribution in [0.15, 0.2) is 24.3 Å². The van der Waals surface area contributed by atoms with Crippen molar-refractivity contribution in [3.63, 3.8) is 0 Å². The highest BCUT2D eigenvalue weighted by atomic mass is 35.5. The second kappa shape index (κ2) is 7.95. The number of non-ortho nitro benzene ring substituents is 1. The van der Waals surface area contributed by atoms with Crippen LogP contribution >= 0.6 is 12.4 Å². The van der Waals surface area contributed by atoms with Gasteiger partial charge in [0.25, 0.3) is 5.69 Å². The molecule has 1 aromatic carbocycles. The first-order valence-electron chi connectivity index (χ1n) is 6.80. The molecule has 0 aromatic heterocycles. The highest BCUT2D eigenvalue weighted by Crippen LogP contribution is 2.14. The number of nitro benzene ring substituents is 1. The predicted molar refractivity (Wildman–Crippen MR) is 82.7 cm³/mol. The summed E-state index contributed by atoms with van der Waals surface area (Å²) in [5.74, 6) is -0.0791. The Labute approximate surface area is 129 Å². The van der Waals surface area contributed by atoms with Crippen LogP contribution in [0.3, 0.4) is 0 Å². The molecule has 7 heteroatoms. The number of hydrogen-bond acceptors (Lipinski definition) is 4. The maximum atomic E-state index is 12.0. The van der Waals surface area contributed by atoms with E-state index in [0.717, 1.165) is 19.4 Å². The van der Waals surface area contributed by atoms with Gasteiger partial charge in [-0.1, -0.05) is 12.1 Å². The van der Waals surface area contributed by atoms with Gasteiger partial charge in [-0.15, -0.1) is 12.4 Å². The molecule has 0 spiro atoms. The molecule has 1 saturated heterocycles. The molecular formula is C14H20ClN3O3. The van der Waals surface area contributed by atoms with Crippen molar-refractivity contribution in [1.82, 2.24) is 10.6 Å². The van der Waals surface area contributed by atoms with E-state index in [9.17, 15) is 14.9 Å². The number of rotatable bonds is 4. The van der Waals surface area contributed by atoms with Crippen LogP contribution in [0.25, 0.3) is 0 Å². The Hall–Kier alpha value is -1.66. The van der Waals surface area contributed by atoms with Gasteiger partial charge in [-0.05, 0) is 31.9 Å². The lowest BCUT2D eigenvalue weighted by molar-refractivity contribution is -0.384. The van der Waals surface area contributed by atoms with Gasteiger partial charge in [-0.25, -0.2) is 0 Å². The number of benzene rings is 1. The van der Waals surface area contributed by atoms with Gasteiger partial charge in [-0.3, -0.25) is 14.9 Å². The highest BCUT2D eigenvalue weighted by Gasteiger charge is 2.20. The number of halogens is 1. The molecule has 6 nitrogen and oxygen atoms in total. The van der Waals surface area contributed by atoms with Crippen LogP contribution in [0.5, 0.6) is 0 Å². The molecule has 2 unspecified atom stereocenters. The first-order valence-corrected chi connectivity index (χ1v) is 6.80. The zero-order valence-corrected chi connectivity index (χ0v) is 12.7. The molecular weight excluding hydrogens is 294 g/mol. The van der Waals surface area contributed by atoms with Crippen LogP contribution < -0.4 is 10.6 Å². The summed E-state index contributed by atoms with van der Waals surface area (Å²) in [4.78, 5) is 22.2. The van der Waals surface area contributed by atoms with Gasteiger partial charge < -0.3 is 10.6 Å². The molecule has 2 atom stereocenters. The molecule has 2 N–H and O–H groups in total. The van der Waals surface area contributed by atoms with Crippen LogP contribution in [0.2, 0.25) is 0 Å². The van der Waals surface area contributed by atoms with Crippen LogP contribution in [0.1, 0.15) is 25.3 Å². The van der Waals surface area contributed by atoms with Crippen molar-refractivity contribution in [3.8, 4) is 0 Å². The first kappa shape index (κ1) is 17.4. The molecule has 1 heterocycles. The number of nitrogens with zero attached hydrogens (tertiary/aromatic N) is 1. The third kappa shape index (κ3) is 5.32. The number of nitro groups is 1. The summed E-state index contributed by atoms with van der Waals surface area (Å²) in [6, 6.07) is 6.82. The Kier molecular flexibility index (Phi) is 6.58. The predicted octanol–water partition coefficient (Wildman–Crippen LogP) is 1.82. The van der Waals surface area contributed by atoms with Crippen molar-refractivity contribution in [3.05, 3.63) is 39.9 Å². The zero-order valence-electron chi connectivity index (χ0n) is 11.9. The maximum absolute atomic E-state index is 12.0. The number of carbonyl (C=O) groups excluding carboxylic acids is 1. The van der Waals surface area contributed by atoms with Crippen LogP contribution in [0.4, 0.5) is 5.69 Å². The van der Waals surface area contributed by atoms with Crippen molar-refractivity contribution in [2.45, 2.75) is 38.3 Å². The minimum absolute atomic E-state index is 0. The van der Waals surface area contributed by atoms with Crippen molar-refractivity contribution < 1.29 is 9.72 Å². The van der Waals surface area contributed by atoms with Crippen molar-refractivity contribution in [2.24, 2.45) is 0 Å². The standard InChI is InChI=1S/C14H19N3O3.ClH/c1-10-7-12(5-6-15-10)16-14(18)9-11-3-2-4-13(8-11)17(19)20;/h2-4,8,10,12,15H,5-7,9H2,1H3,(H,16,18);1H. The van der Waals surface area contributed by atoms with Gasteiger partial charge in [0.15, 0.2) is 0 Å². The SMILES string of the molecule is CC1CC(NC(=O)Cc2cccc([N+](=O)[O-])c2)CCN1.Cl. The second-order valence-corrected chi connectivity index (χ2v) is 5.25. The molecule has 1 aliphatic heterocycles. The second-order valence-electron chi connectivity index (χ2n) is 5.25. The number of carbonyl (C=O) groups is 1. The molecule has 2 rings (SSSR count). The Morgan fingerprint density at radius 2 is 2.29 bits per heavy atom. The molecule has 21 heavy (non-hydrogen) atoms. The Morgan fingerprint density at radius 1 is 1.52 bits per heavy atom. The summed E-state index contributed by atoms with van der Waals surface area (Å²) in [5.41, 5.74) is 0.685. The van der Waals surface area contributed by atoms with E-state index in [1.807, 2.05) is 0 Å². The van der Waals surface area contributed by atoms with Gasteiger partial charge in [0.1, 0.15) is 0 Å². The topological polar surface area (TPSA) is 84.3 Å². The highest BCUT2D eigenvalue weighted by molar-refractivity contribution is 5.85. The number of piperidine rings is 1. The quantitative estimate of drug-likeness (QED) is 0.656. The van der Waals surface area contributed by atoms with Gasteiger partial charge in [0, 0.05) is 24.2 Å². The van der Waals surface area contributed by atoms with E-state index in [0.29, 0.717) is 11.6 Å². The molecule has 0 aliphatic carbocycles. The summed E-state index contributed by atoms with van der Waals surface area (Å²) in [6.07, 6.45) is 2.02.